The molecule has 0 N–H and O–H groups in total. The Balaban J connectivity index is 1.66. The maximum atomic E-state index is 2.42. The summed E-state index contributed by atoms with van der Waals surface area (Å²) >= 11 is 7.51. The highest BCUT2D eigenvalue weighted by atomic mass is 32.1. The van der Waals surface area contributed by atoms with Crippen molar-refractivity contribution in [2.75, 3.05) is 0 Å². The Hall–Kier alpha value is -1.98. The van der Waals surface area contributed by atoms with Crippen molar-refractivity contribution in [2.24, 2.45) is 0 Å². The first kappa shape index (κ1) is 14.1. The lowest BCUT2D eigenvalue weighted by Crippen LogP contribution is -1.69. The molecule has 4 heteroatoms. The highest BCUT2D eigenvalue weighted by Crippen LogP contribution is 2.44. The molecule has 26 heavy (non-hydrogen) atoms. The monoisotopic (exact) mass is 402 g/mol. The second-order valence-corrected chi connectivity index (χ2v) is 10.7. The van der Waals surface area contributed by atoms with Crippen molar-refractivity contribution in [3.05, 3.63) is 59.3 Å². The minimum Gasteiger partial charge on any atom is -0.144 e. The molecule has 7 aromatic rings. The van der Waals surface area contributed by atoms with E-state index in [1.165, 1.54) is 60.5 Å². The molecule has 0 saturated carbocycles. The van der Waals surface area contributed by atoms with E-state index in [0.717, 1.165) is 0 Å². The molecule has 3 aromatic carbocycles. The van der Waals surface area contributed by atoms with Gasteiger partial charge in [-0.3, -0.25) is 0 Å². The molecule has 0 amide bonds. The fourth-order valence-electron chi connectivity index (χ4n) is 3.95. The van der Waals surface area contributed by atoms with Gasteiger partial charge in [0.15, 0.2) is 0 Å². The second-order valence-electron chi connectivity index (χ2n) is 6.66. The van der Waals surface area contributed by atoms with Gasteiger partial charge in [0.1, 0.15) is 0 Å². The Labute approximate surface area is 164 Å². The molecule has 0 aliphatic rings. The van der Waals surface area contributed by atoms with E-state index in [0.29, 0.717) is 0 Å². The van der Waals surface area contributed by atoms with Gasteiger partial charge in [-0.25, -0.2) is 0 Å². The number of hydrogen-bond donors (Lipinski definition) is 0. The van der Waals surface area contributed by atoms with E-state index >= 15 is 0 Å². The smallest absolute Gasteiger partial charge is 0.0362 e. The minimum atomic E-state index is 1.36. The average Bonchev–Trinajstić information content (AvgIpc) is 3.40. The molecule has 7 rings (SSSR count). The van der Waals surface area contributed by atoms with Crippen LogP contribution in [0.25, 0.3) is 60.5 Å². The summed E-state index contributed by atoms with van der Waals surface area (Å²) in [6.45, 7) is 0. The molecule has 0 unspecified atom stereocenters. The summed E-state index contributed by atoms with van der Waals surface area (Å²) in [7, 11) is 0. The van der Waals surface area contributed by atoms with Crippen LogP contribution < -0.4 is 0 Å². The van der Waals surface area contributed by atoms with Crippen molar-refractivity contribution < 1.29 is 0 Å². The van der Waals surface area contributed by atoms with Gasteiger partial charge in [0.2, 0.25) is 0 Å². The van der Waals surface area contributed by atoms with Gasteiger partial charge in [-0.05, 0) is 70.1 Å². The summed E-state index contributed by atoms with van der Waals surface area (Å²) in [5.74, 6) is 0. The van der Waals surface area contributed by atoms with Crippen LogP contribution >= 0.6 is 45.3 Å². The van der Waals surface area contributed by atoms with Gasteiger partial charge < -0.3 is 0 Å². The van der Waals surface area contributed by atoms with Crippen LogP contribution in [0.3, 0.4) is 0 Å². The molecule has 0 atom stereocenters. The van der Waals surface area contributed by atoms with Gasteiger partial charge >= 0.3 is 0 Å². The fraction of sp³-hybridized carbons (Fsp3) is 0. The van der Waals surface area contributed by atoms with E-state index in [-0.39, 0.29) is 0 Å². The molecule has 0 bridgehead atoms. The second kappa shape index (κ2) is 4.84. The number of rotatable bonds is 0. The Morgan fingerprint density at radius 1 is 0.423 bits per heavy atom. The van der Waals surface area contributed by atoms with E-state index in [4.69, 9.17) is 0 Å². The van der Waals surface area contributed by atoms with E-state index < -0.39 is 0 Å². The van der Waals surface area contributed by atoms with Gasteiger partial charge in [-0.2, -0.15) is 0 Å². The van der Waals surface area contributed by atoms with Crippen molar-refractivity contribution in [3.8, 4) is 0 Å². The zero-order chi connectivity index (χ0) is 16.8. The van der Waals surface area contributed by atoms with E-state index in [2.05, 4.69) is 59.3 Å². The molecule has 122 valence electrons. The van der Waals surface area contributed by atoms with E-state index in [9.17, 15) is 0 Å². The molecule has 0 fully saturated rings. The lowest BCUT2D eigenvalue weighted by molar-refractivity contribution is 2.04. The molecule has 0 spiro atoms. The summed E-state index contributed by atoms with van der Waals surface area (Å²) in [5, 5.41) is 12.7. The summed E-state index contributed by atoms with van der Waals surface area (Å²) in [6, 6.07) is 18.8. The molecular weight excluding hydrogens is 393 g/mol. The topological polar surface area (TPSA) is 0 Å². The average molecular weight is 403 g/mol. The quantitative estimate of drug-likeness (QED) is 0.238. The lowest BCUT2D eigenvalue weighted by Gasteiger charge is -1.95. The van der Waals surface area contributed by atoms with Crippen LogP contribution in [0.1, 0.15) is 0 Å². The van der Waals surface area contributed by atoms with Crippen molar-refractivity contribution in [3.63, 3.8) is 0 Å². The summed E-state index contributed by atoms with van der Waals surface area (Å²) in [4.78, 5) is 0. The molecule has 4 aromatic heterocycles. The van der Waals surface area contributed by atoms with Crippen LogP contribution in [0.15, 0.2) is 59.3 Å². The normalized spacial score (nSPS) is 12.6. The van der Waals surface area contributed by atoms with Crippen LogP contribution in [0.2, 0.25) is 0 Å². The van der Waals surface area contributed by atoms with Crippen LogP contribution in [0, 0.1) is 0 Å². The van der Waals surface area contributed by atoms with Gasteiger partial charge in [-0.1, -0.05) is 0 Å². The van der Waals surface area contributed by atoms with Crippen LogP contribution in [0.5, 0.6) is 0 Å². The molecule has 0 aliphatic carbocycles. The van der Waals surface area contributed by atoms with Gasteiger partial charge in [0.05, 0.1) is 0 Å². The van der Waals surface area contributed by atoms with Crippen LogP contribution in [-0.4, -0.2) is 0 Å². The zero-order valence-corrected chi connectivity index (χ0v) is 16.7. The van der Waals surface area contributed by atoms with Gasteiger partial charge in [0.25, 0.3) is 0 Å². The SMILES string of the molecule is c1cc2cc3sc4cc5c(cc4c3cc2s1)sc1cc2ccsc2cc15. The number of fused-ring (bicyclic) bond motifs is 8. The molecule has 0 radical (unpaired) electrons. The van der Waals surface area contributed by atoms with E-state index in [1.54, 1.807) is 0 Å². The number of hydrogen-bond acceptors (Lipinski definition) is 4. The Morgan fingerprint density at radius 3 is 1.27 bits per heavy atom. The molecular formula is C22H10S4. The highest BCUT2D eigenvalue weighted by Gasteiger charge is 2.13. The molecule has 4 heterocycles. The standard InChI is InChI=1S/C22H10S4/c1-3-23-17-7-13-15-9-22-16(10-21(15)25-19(13)5-11(1)17)14-8-18-12(2-4-24-18)6-20(14)26-22/h1-10H. The van der Waals surface area contributed by atoms with Crippen molar-refractivity contribution in [2.45, 2.75) is 0 Å². The van der Waals surface area contributed by atoms with Crippen LogP contribution in [0.4, 0.5) is 0 Å². The van der Waals surface area contributed by atoms with Gasteiger partial charge in [-0.15, -0.1) is 45.3 Å². The first-order valence-corrected chi connectivity index (χ1v) is 11.8. The third-order valence-electron chi connectivity index (χ3n) is 5.21. The predicted octanol–water partition coefficient (Wildman–Crippen LogP) is 8.85. The zero-order valence-electron chi connectivity index (χ0n) is 13.4. The first-order chi connectivity index (χ1) is 12.8. The largest absolute Gasteiger partial charge is 0.144 e. The van der Waals surface area contributed by atoms with E-state index in [1.807, 2.05) is 45.3 Å². The minimum absolute atomic E-state index is 1.36. The highest BCUT2D eigenvalue weighted by molar-refractivity contribution is 7.28. The van der Waals surface area contributed by atoms with Crippen LogP contribution in [-0.2, 0) is 0 Å². The predicted molar refractivity (Wildman–Crippen MR) is 123 cm³/mol. The third kappa shape index (κ3) is 1.78. The summed E-state index contributed by atoms with van der Waals surface area (Å²) in [5.41, 5.74) is 0. The summed E-state index contributed by atoms with van der Waals surface area (Å²) < 4.78 is 8.36. The fourth-order valence-corrected chi connectivity index (χ4v) is 7.89. The van der Waals surface area contributed by atoms with Crippen molar-refractivity contribution >= 4 is 106 Å². The Morgan fingerprint density at radius 2 is 0.808 bits per heavy atom. The first-order valence-electron chi connectivity index (χ1n) is 8.40. The molecule has 0 saturated heterocycles. The summed E-state index contributed by atoms with van der Waals surface area (Å²) in [6.07, 6.45) is 0. The maximum Gasteiger partial charge on any atom is 0.0362 e. The molecule has 0 aliphatic heterocycles. The third-order valence-corrected chi connectivity index (χ3v) is 9.20. The molecule has 0 nitrogen and oxygen atoms in total. The number of thiophene rings is 4. The Bertz CT molecular complexity index is 1510. The Kier molecular flexibility index (Phi) is 2.63. The van der Waals surface area contributed by atoms with Gasteiger partial charge in [0, 0.05) is 49.7 Å². The lowest BCUT2D eigenvalue weighted by atomic mass is 10.1. The van der Waals surface area contributed by atoms with Crippen molar-refractivity contribution in [1.82, 2.24) is 0 Å². The number of benzene rings is 3. The maximum absolute atomic E-state index is 2.42. The van der Waals surface area contributed by atoms with Crippen molar-refractivity contribution in [1.29, 1.82) is 0 Å².